The van der Waals surface area contributed by atoms with Gasteiger partial charge in [-0.25, -0.2) is 4.39 Å². The van der Waals surface area contributed by atoms with E-state index in [-0.39, 0.29) is 5.82 Å². The highest BCUT2D eigenvalue weighted by Crippen LogP contribution is 2.24. The summed E-state index contributed by atoms with van der Waals surface area (Å²) in [5.74, 6) is -0.266. The van der Waals surface area contributed by atoms with Gasteiger partial charge in [-0.2, -0.15) is 13.2 Å². The maximum atomic E-state index is 13.7. The van der Waals surface area contributed by atoms with Crippen LogP contribution in [0.25, 0.3) is 0 Å². The van der Waals surface area contributed by atoms with Crippen molar-refractivity contribution in [3.05, 3.63) is 29.1 Å². The molecule has 20 heavy (non-hydrogen) atoms. The molecule has 1 heterocycles. The third-order valence-electron chi connectivity index (χ3n) is 3.73. The number of anilines is 1. The van der Waals surface area contributed by atoms with Crippen LogP contribution in [0.15, 0.2) is 12.1 Å². The summed E-state index contributed by atoms with van der Waals surface area (Å²) in [4.78, 5) is 3.32. The largest absolute Gasteiger partial charge is 0.401 e. The average molecular weight is 290 g/mol. The number of nitrogens with zero attached hydrogens (tertiary/aromatic N) is 2. The van der Waals surface area contributed by atoms with Crippen LogP contribution in [0, 0.1) is 19.7 Å². The fraction of sp³-hybridized carbons (Fsp3) is 0.571. The van der Waals surface area contributed by atoms with Gasteiger partial charge in [0.25, 0.3) is 0 Å². The van der Waals surface area contributed by atoms with E-state index >= 15 is 0 Å². The van der Waals surface area contributed by atoms with Gasteiger partial charge in [-0.05, 0) is 37.1 Å². The quantitative estimate of drug-likeness (QED) is 0.772. The van der Waals surface area contributed by atoms with Crippen LogP contribution in [0.4, 0.5) is 23.2 Å². The molecule has 1 aliphatic rings. The highest BCUT2D eigenvalue weighted by Gasteiger charge is 2.32. The Bertz CT molecular complexity index is 454. The Morgan fingerprint density at radius 3 is 2.15 bits per heavy atom. The number of hydrogen-bond donors (Lipinski definition) is 0. The van der Waals surface area contributed by atoms with Crippen molar-refractivity contribution in [3.8, 4) is 0 Å². The lowest BCUT2D eigenvalue weighted by molar-refractivity contribution is -0.146. The molecule has 0 amide bonds. The molecule has 2 rings (SSSR count). The second-order valence-corrected chi connectivity index (χ2v) is 5.25. The molecule has 112 valence electrons. The molecule has 2 nitrogen and oxygen atoms in total. The second kappa shape index (κ2) is 5.60. The summed E-state index contributed by atoms with van der Waals surface area (Å²) in [6.07, 6.45) is -4.16. The molecule has 0 aromatic heterocycles. The standard InChI is InChI=1S/C14H18F4N2/c1-10-7-12(8-13(15)11(10)2)20-5-3-19(4-6-20)9-14(16,17)18/h7-8H,3-6,9H2,1-2H3. The van der Waals surface area contributed by atoms with Crippen LogP contribution in [-0.2, 0) is 0 Å². The van der Waals surface area contributed by atoms with E-state index in [0.717, 1.165) is 11.3 Å². The zero-order valence-corrected chi connectivity index (χ0v) is 11.6. The molecule has 1 fully saturated rings. The summed E-state index contributed by atoms with van der Waals surface area (Å²) in [5.41, 5.74) is 2.22. The lowest BCUT2D eigenvalue weighted by Crippen LogP contribution is -2.49. The van der Waals surface area contributed by atoms with Crippen LogP contribution in [0.5, 0.6) is 0 Å². The molecular weight excluding hydrogens is 272 g/mol. The lowest BCUT2D eigenvalue weighted by atomic mass is 10.1. The van der Waals surface area contributed by atoms with E-state index in [1.54, 1.807) is 6.92 Å². The van der Waals surface area contributed by atoms with Gasteiger partial charge in [0.05, 0.1) is 6.54 Å². The molecule has 0 aliphatic carbocycles. The summed E-state index contributed by atoms with van der Waals surface area (Å²) >= 11 is 0. The Balaban J connectivity index is 2.01. The Hall–Kier alpha value is -1.30. The van der Waals surface area contributed by atoms with Gasteiger partial charge >= 0.3 is 6.18 Å². The zero-order chi connectivity index (χ0) is 14.9. The second-order valence-electron chi connectivity index (χ2n) is 5.25. The summed E-state index contributed by atoms with van der Waals surface area (Å²) in [6.45, 7) is 4.33. The maximum Gasteiger partial charge on any atom is 0.401 e. The number of halogens is 4. The van der Waals surface area contributed by atoms with Crippen molar-refractivity contribution in [1.82, 2.24) is 4.90 Å². The first-order chi connectivity index (χ1) is 9.26. The van der Waals surface area contributed by atoms with E-state index in [2.05, 4.69) is 0 Å². The molecule has 1 aromatic rings. The minimum absolute atomic E-state index is 0.266. The van der Waals surface area contributed by atoms with E-state index in [9.17, 15) is 17.6 Å². The van der Waals surface area contributed by atoms with Gasteiger partial charge in [0.1, 0.15) is 5.82 Å². The molecular formula is C14H18F4N2. The highest BCUT2D eigenvalue weighted by atomic mass is 19.4. The number of rotatable bonds is 2. The normalized spacial score (nSPS) is 17.6. The van der Waals surface area contributed by atoms with Crippen LogP contribution < -0.4 is 4.90 Å². The monoisotopic (exact) mass is 290 g/mol. The van der Waals surface area contributed by atoms with Crippen LogP contribution >= 0.6 is 0 Å². The first-order valence-corrected chi connectivity index (χ1v) is 6.57. The summed E-state index contributed by atoms with van der Waals surface area (Å²) < 4.78 is 50.6. The number of aryl methyl sites for hydroxylation is 1. The van der Waals surface area contributed by atoms with E-state index in [1.165, 1.54) is 11.0 Å². The molecule has 0 atom stereocenters. The molecule has 1 aliphatic heterocycles. The number of benzene rings is 1. The van der Waals surface area contributed by atoms with Crippen molar-refractivity contribution in [3.63, 3.8) is 0 Å². The fourth-order valence-corrected chi connectivity index (χ4v) is 2.40. The third-order valence-corrected chi connectivity index (χ3v) is 3.73. The van der Waals surface area contributed by atoms with Crippen molar-refractivity contribution in [1.29, 1.82) is 0 Å². The van der Waals surface area contributed by atoms with Crippen LogP contribution in [0.3, 0.4) is 0 Å². The Labute approximate surface area is 116 Å². The van der Waals surface area contributed by atoms with E-state index in [0.29, 0.717) is 31.7 Å². The van der Waals surface area contributed by atoms with E-state index in [4.69, 9.17) is 0 Å². The number of hydrogen-bond acceptors (Lipinski definition) is 2. The molecule has 1 aromatic carbocycles. The van der Waals surface area contributed by atoms with Gasteiger partial charge in [-0.3, -0.25) is 4.90 Å². The fourth-order valence-electron chi connectivity index (χ4n) is 2.40. The van der Waals surface area contributed by atoms with Gasteiger partial charge in [0, 0.05) is 31.9 Å². The molecule has 0 unspecified atom stereocenters. The van der Waals surface area contributed by atoms with Crippen LogP contribution in [0.1, 0.15) is 11.1 Å². The summed E-state index contributed by atoms with van der Waals surface area (Å²) in [7, 11) is 0. The maximum absolute atomic E-state index is 13.7. The Morgan fingerprint density at radius 1 is 1.05 bits per heavy atom. The van der Waals surface area contributed by atoms with Crippen LogP contribution in [-0.4, -0.2) is 43.8 Å². The van der Waals surface area contributed by atoms with Gasteiger partial charge in [0.2, 0.25) is 0 Å². The number of piperazine rings is 1. The topological polar surface area (TPSA) is 6.48 Å². The van der Waals surface area contributed by atoms with E-state index < -0.39 is 12.7 Å². The molecule has 0 spiro atoms. The van der Waals surface area contributed by atoms with E-state index in [1.807, 2.05) is 17.9 Å². The smallest absolute Gasteiger partial charge is 0.369 e. The zero-order valence-electron chi connectivity index (χ0n) is 11.6. The van der Waals surface area contributed by atoms with Crippen molar-refractivity contribution < 1.29 is 17.6 Å². The molecule has 0 saturated carbocycles. The minimum atomic E-state index is -4.16. The minimum Gasteiger partial charge on any atom is -0.369 e. The van der Waals surface area contributed by atoms with Crippen molar-refractivity contribution in [2.24, 2.45) is 0 Å². The van der Waals surface area contributed by atoms with Crippen molar-refractivity contribution in [2.75, 3.05) is 37.6 Å². The molecule has 1 saturated heterocycles. The molecule has 6 heteroatoms. The first kappa shape index (κ1) is 15.1. The third kappa shape index (κ3) is 3.62. The van der Waals surface area contributed by atoms with Gasteiger partial charge in [-0.15, -0.1) is 0 Å². The van der Waals surface area contributed by atoms with Gasteiger partial charge in [0.15, 0.2) is 0 Å². The predicted octanol–water partition coefficient (Wildman–Crippen LogP) is 3.13. The Morgan fingerprint density at radius 2 is 1.65 bits per heavy atom. The van der Waals surface area contributed by atoms with Crippen LogP contribution in [0.2, 0.25) is 0 Å². The summed E-state index contributed by atoms with van der Waals surface area (Å²) in [6, 6.07) is 3.35. The first-order valence-electron chi connectivity index (χ1n) is 6.57. The number of alkyl halides is 3. The van der Waals surface area contributed by atoms with Gasteiger partial charge < -0.3 is 4.90 Å². The molecule has 0 N–H and O–H groups in total. The molecule has 0 bridgehead atoms. The van der Waals surface area contributed by atoms with Gasteiger partial charge in [-0.1, -0.05) is 0 Å². The molecule has 0 radical (unpaired) electrons. The lowest BCUT2D eigenvalue weighted by Gasteiger charge is -2.36. The summed E-state index contributed by atoms with van der Waals surface area (Å²) in [5, 5.41) is 0. The average Bonchev–Trinajstić information content (AvgIpc) is 2.34. The highest BCUT2D eigenvalue weighted by molar-refractivity contribution is 5.51. The predicted molar refractivity (Wildman–Crippen MR) is 70.6 cm³/mol. The Kier molecular flexibility index (Phi) is 4.22. The SMILES string of the molecule is Cc1cc(N2CCN(CC(F)(F)F)CC2)cc(F)c1C. The van der Waals surface area contributed by atoms with Crippen molar-refractivity contribution >= 4 is 5.69 Å². The van der Waals surface area contributed by atoms with Crippen molar-refractivity contribution in [2.45, 2.75) is 20.0 Å².